The molecule has 0 radical (unpaired) electrons. The number of ketones is 1. The van der Waals surface area contributed by atoms with E-state index in [9.17, 15) is 32.7 Å². The molecule has 0 aliphatic heterocycles. The maximum atomic E-state index is 12.8. The second-order valence-corrected chi connectivity index (χ2v) is 8.85. The van der Waals surface area contributed by atoms with Crippen molar-refractivity contribution in [3.05, 3.63) is 89.0 Å². The van der Waals surface area contributed by atoms with Gasteiger partial charge in [-0.25, -0.2) is 9.78 Å². The number of imidazole rings is 1. The molecule has 10 heteroatoms. The normalized spacial score (nSPS) is 14.6. The van der Waals surface area contributed by atoms with Crippen molar-refractivity contribution in [3.63, 3.8) is 0 Å². The molecule has 1 aliphatic carbocycles. The molecule has 0 spiro atoms. The van der Waals surface area contributed by atoms with Crippen molar-refractivity contribution in [2.45, 2.75) is 50.4 Å². The van der Waals surface area contributed by atoms with Crippen LogP contribution in [-0.4, -0.2) is 37.9 Å². The third-order valence-corrected chi connectivity index (χ3v) is 6.42. The summed E-state index contributed by atoms with van der Waals surface area (Å²) in [5, 5.41) is 12.1. The molecular formula is C26H24F3N3O4. The molecule has 1 aliphatic rings. The largest absolute Gasteiger partial charge is 0.480 e. The summed E-state index contributed by atoms with van der Waals surface area (Å²) in [6.07, 6.45) is 1.37. The Kier molecular flexibility index (Phi) is 6.96. The van der Waals surface area contributed by atoms with E-state index >= 15 is 0 Å². The van der Waals surface area contributed by atoms with Crippen molar-refractivity contribution < 1.29 is 32.7 Å². The number of hydrogen-bond donors (Lipinski definition) is 2. The van der Waals surface area contributed by atoms with Crippen molar-refractivity contribution >= 4 is 17.7 Å². The number of benzene rings is 2. The Morgan fingerprint density at radius 1 is 1.06 bits per heavy atom. The molecule has 3 aromatic rings. The molecule has 1 fully saturated rings. The van der Waals surface area contributed by atoms with Crippen molar-refractivity contribution in [3.8, 4) is 0 Å². The Morgan fingerprint density at radius 3 is 2.39 bits per heavy atom. The fourth-order valence-electron chi connectivity index (χ4n) is 4.17. The SMILES string of the molecule is O=C(NC1(C(=O)O)CCC1)c1cccc(CCCn2ccnc2C(=O)c2ccc(C(F)(F)F)cc2)c1. The predicted molar refractivity (Wildman–Crippen MR) is 124 cm³/mol. The highest BCUT2D eigenvalue weighted by Crippen LogP contribution is 2.32. The highest BCUT2D eigenvalue weighted by atomic mass is 19.4. The first-order valence-electron chi connectivity index (χ1n) is 11.5. The van der Waals surface area contributed by atoms with Gasteiger partial charge in [-0.3, -0.25) is 9.59 Å². The van der Waals surface area contributed by atoms with Crippen LogP contribution in [-0.2, 0) is 23.9 Å². The number of hydrogen-bond acceptors (Lipinski definition) is 4. The number of aliphatic carboxylic acids is 1. The lowest BCUT2D eigenvalue weighted by molar-refractivity contribution is -0.148. The van der Waals surface area contributed by atoms with Gasteiger partial charge in [0, 0.05) is 30.1 Å². The zero-order valence-electron chi connectivity index (χ0n) is 19.2. The van der Waals surface area contributed by atoms with Crippen LogP contribution in [0.3, 0.4) is 0 Å². The zero-order chi connectivity index (χ0) is 25.9. The number of alkyl halides is 3. The maximum absolute atomic E-state index is 12.8. The number of carbonyl (C=O) groups is 3. The topological polar surface area (TPSA) is 101 Å². The summed E-state index contributed by atoms with van der Waals surface area (Å²) in [6, 6.07) is 10.9. The minimum atomic E-state index is -4.48. The van der Waals surface area contributed by atoms with Gasteiger partial charge in [-0.2, -0.15) is 13.2 Å². The van der Waals surface area contributed by atoms with Crippen molar-refractivity contribution in [2.24, 2.45) is 0 Å². The number of nitrogens with one attached hydrogen (secondary N) is 1. The summed E-state index contributed by atoms with van der Waals surface area (Å²) in [5.74, 6) is -1.81. The Bertz CT molecular complexity index is 1280. The molecular weight excluding hydrogens is 475 g/mol. The lowest BCUT2D eigenvalue weighted by Gasteiger charge is -2.38. The Morgan fingerprint density at radius 2 is 1.78 bits per heavy atom. The summed E-state index contributed by atoms with van der Waals surface area (Å²) in [5.41, 5.74) is -0.661. The van der Waals surface area contributed by atoms with E-state index < -0.39 is 34.9 Å². The van der Waals surface area contributed by atoms with E-state index in [4.69, 9.17) is 0 Å². The molecule has 1 aromatic heterocycles. The van der Waals surface area contributed by atoms with Crippen LogP contribution in [0.15, 0.2) is 60.9 Å². The molecule has 1 amide bonds. The number of aryl methyl sites for hydroxylation is 2. The molecule has 2 N–H and O–H groups in total. The molecule has 0 atom stereocenters. The van der Waals surface area contributed by atoms with E-state index in [-0.39, 0.29) is 11.4 Å². The van der Waals surface area contributed by atoms with Crippen LogP contribution in [0.5, 0.6) is 0 Å². The second kappa shape index (κ2) is 9.96. The van der Waals surface area contributed by atoms with Gasteiger partial charge in [-0.1, -0.05) is 24.3 Å². The van der Waals surface area contributed by atoms with Crippen LogP contribution in [0, 0.1) is 0 Å². The van der Waals surface area contributed by atoms with Crippen molar-refractivity contribution in [1.82, 2.24) is 14.9 Å². The van der Waals surface area contributed by atoms with Crippen LogP contribution in [0.25, 0.3) is 0 Å². The number of carboxylic acids is 1. The van der Waals surface area contributed by atoms with Crippen molar-refractivity contribution in [1.29, 1.82) is 0 Å². The van der Waals surface area contributed by atoms with Gasteiger partial charge in [0.25, 0.3) is 5.91 Å². The van der Waals surface area contributed by atoms with Crippen LogP contribution in [0.4, 0.5) is 13.2 Å². The minimum absolute atomic E-state index is 0.111. The summed E-state index contributed by atoms with van der Waals surface area (Å²) >= 11 is 0. The van der Waals surface area contributed by atoms with Gasteiger partial charge in [0.1, 0.15) is 5.54 Å². The van der Waals surface area contributed by atoms with Gasteiger partial charge in [0.15, 0.2) is 5.82 Å². The summed E-state index contributed by atoms with van der Waals surface area (Å²) < 4.78 is 40.0. The van der Waals surface area contributed by atoms with E-state index in [1.54, 1.807) is 29.0 Å². The smallest absolute Gasteiger partial charge is 0.416 e. The first-order valence-corrected chi connectivity index (χ1v) is 11.5. The lowest BCUT2D eigenvalue weighted by atomic mass is 9.76. The van der Waals surface area contributed by atoms with Crippen LogP contribution in [0.1, 0.15) is 63.4 Å². The van der Waals surface area contributed by atoms with E-state index in [0.717, 1.165) is 36.2 Å². The quantitative estimate of drug-likeness (QED) is 0.422. The Hall–Kier alpha value is -3.95. The third-order valence-electron chi connectivity index (χ3n) is 6.42. The molecule has 4 rings (SSSR count). The second-order valence-electron chi connectivity index (χ2n) is 8.85. The molecule has 0 saturated heterocycles. The average molecular weight is 499 g/mol. The highest BCUT2D eigenvalue weighted by Gasteiger charge is 2.45. The van der Waals surface area contributed by atoms with Gasteiger partial charge in [0.2, 0.25) is 5.78 Å². The molecule has 188 valence electrons. The summed E-state index contributed by atoms with van der Waals surface area (Å²) in [6.45, 7) is 0.431. The van der Waals surface area contributed by atoms with Crippen LogP contribution < -0.4 is 5.32 Å². The number of aromatic nitrogens is 2. The molecule has 1 saturated carbocycles. The monoisotopic (exact) mass is 499 g/mol. The molecule has 0 unspecified atom stereocenters. The van der Waals surface area contributed by atoms with E-state index in [0.29, 0.717) is 37.8 Å². The van der Waals surface area contributed by atoms with Crippen molar-refractivity contribution in [2.75, 3.05) is 0 Å². The molecule has 0 bridgehead atoms. The number of carboxylic acid groups (broad SMARTS) is 1. The van der Waals surface area contributed by atoms with Crippen LogP contribution in [0.2, 0.25) is 0 Å². The fraction of sp³-hybridized carbons (Fsp3) is 0.308. The van der Waals surface area contributed by atoms with Gasteiger partial charge >= 0.3 is 12.1 Å². The number of halogens is 3. The van der Waals surface area contributed by atoms with Gasteiger partial charge in [-0.05, 0) is 61.9 Å². The third kappa shape index (κ3) is 5.32. The van der Waals surface area contributed by atoms with Crippen LogP contribution >= 0.6 is 0 Å². The van der Waals surface area contributed by atoms with Gasteiger partial charge in [0.05, 0.1) is 5.56 Å². The molecule has 7 nitrogen and oxygen atoms in total. The predicted octanol–water partition coefficient (Wildman–Crippen LogP) is 4.50. The van der Waals surface area contributed by atoms with E-state index in [1.165, 1.54) is 6.20 Å². The summed E-state index contributed by atoms with van der Waals surface area (Å²) in [4.78, 5) is 41.0. The maximum Gasteiger partial charge on any atom is 0.416 e. The number of nitrogens with zero attached hydrogens (tertiary/aromatic N) is 2. The Labute approximate surface area is 205 Å². The fourth-order valence-corrected chi connectivity index (χ4v) is 4.17. The van der Waals surface area contributed by atoms with E-state index in [2.05, 4.69) is 10.3 Å². The minimum Gasteiger partial charge on any atom is -0.480 e. The molecule has 36 heavy (non-hydrogen) atoms. The first-order chi connectivity index (χ1) is 17.1. The first kappa shape index (κ1) is 25.2. The molecule has 2 aromatic carbocycles. The Balaban J connectivity index is 1.37. The number of carbonyl (C=O) groups excluding carboxylic acids is 2. The van der Waals surface area contributed by atoms with Gasteiger partial charge < -0.3 is 15.0 Å². The number of amides is 1. The number of rotatable bonds is 9. The standard InChI is InChI=1S/C26H24F3N3O4/c27-26(28,29)20-9-7-18(8-10-20)21(33)22-30-13-15-32(22)14-2-5-17-4-1-6-19(16-17)23(34)31-25(24(35)36)11-3-12-25/h1,4,6-10,13,15-16H,2-3,5,11-12,14H2,(H,31,34)(H,35,36). The average Bonchev–Trinajstić information content (AvgIpc) is 3.29. The molecule has 1 heterocycles. The zero-order valence-corrected chi connectivity index (χ0v) is 19.2. The van der Waals surface area contributed by atoms with E-state index in [1.807, 2.05) is 6.07 Å². The lowest BCUT2D eigenvalue weighted by Crippen LogP contribution is -2.59. The summed E-state index contributed by atoms with van der Waals surface area (Å²) in [7, 11) is 0. The van der Waals surface area contributed by atoms with Gasteiger partial charge in [-0.15, -0.1) is 0 Å². The highest BCUT2D eigenvalue weighted by molar-refractivity contribution is 6.06.